The minimum Gasteiger partial charge on any atom is -0.356 e. The lowest BCUT2D eigenvalue weighted by atomic mass is 10.2. The average Bonchev–Trinajstić information content (AvgIpc) is 3.14. The molecule has 2 rings (SSSR count). The van der Waals surface area contributed by atoms with Crippen molar-refractivity contribution in [2.75, 3.05) is 25.0 Å². The van der Waals surface area contributed by atoms with Crippen LogP contribution in [-0.2, 0) is 6.54 Å². The molecule has 17 heavy (non-hydrogen) atoms. The van der Waals surface area contributed by atoms with E-state index in [1.807, 2.05) is 13.2 Å². The first-order valence-corrected chi connectivity index (χ1v) is 6.53. The molecule has 0 amide bonds. The lowest BCUT2D eigenvalue weighted by Gasteiger charge is -2.25. The molecule has 1 aromatic rings. The topological polar surface area (TPSA) is 41.1 Å². The average molecular weight is 234 g/mol. The van der Waals surface area contributed by atoms with Gasteiger partial charge in [0.1, 0.15) is 12.1 Å². The molecule has 4 nitrogen and oxygen atoms in total. The predicted molar refractivity (Wildman–Crippen MR) is 70.0 cm³/mol. The van der Waals surface area contributed by atoms with E-state index in [2.05, 4.69) is 27.1 Å². The van der Waals surface area contributed by atoms with Gasteiger partial charge in [0.05, 0.1) is 0 Å². The molecule has 0 atom stereocenters. The van der Waals surface area contributed by atoms with Gasteiger partial charge >= 0.3 is 0 Å². The minimum absolute atomic E-state index is 0.834. The molecule has 0 aliphatic heterocycles. The molecule has 1 saturated carbocycles. The number of rotatable bonds is 7. The highest BCUT2D eigenvalue weighted by molar-refractivity contribution is 5.45. The molecule has 0 saturated heterocycles. The molecule has 4 heteroatoms. The largest absolute Gasteiger partial charge is 0.356 e. The van der Waals surface area contributed by atoms with Gasteiger partial charge in [-0.25, -0.2) is 9.97 Å². The number of nitrogens with zero attached hydrogens (tertiary/aromatic N) is 3. The first kappa shape index (κ1) is 12.3. The van der Waals surface area contributed by atoms with Gasteiger partial charge in [-0.2, -0.15) is 0 Å². The Hall–Kier alpha value is -1.16. The normalized spacial score (nSPS) is 14.9. The smallest absolute Gasteiger partial charge is 0.136 e. The first-order chi connectivity index (χ1) is 8.35. The standard InChI is InChI=1S/C13H22N4/c1-3-6-17(9-11-4-5-11)13-12(7-14-2)8-15-10-16-13/h8,10-11,14H,3-7,9H2,1-2H3. The number of aromatic nitrogens is 2. The van der Waals surface area contributed by atoms with Gasteiger partial charge in [-0.3, -0.25) is 0 Å². The summed E-state index contributed by atoms with van der Waals surface area (Å²) in [6, 6.07) is 0. The van der Waals surface area contributed by atoms with Crippen molar-refractivity contribution in [3.63, 3.8) is 0 Å². The maximum Gasteiger partial charge on any atom is 0.136 e. The molecule has 0 radical (unpaired) electrons. The SMILES string of the molecule is CCCN(CC1CC1)c1ncncc1CNC. The van der Waals surface area contributed by atoms with Gasteiger partial charge in [-0.1, -0.05) is 6.92 Å². The molecule has 0 bridgehead atoms. The zero-order valence-electron chi connectivity index (χ0n) is 10.8. The van der Waals surface area contributed by atoms with Gasteiger partial charge in [0, 0.05) is 31.4 Å². The molecule has 1 fully saturated rings. The maximum absolute atomic E-state index is 4.47. The van der Waals surface area contributed by atoms with Crippen LogP contribution in [0.3, 0.4) is 0 Å². The van der Waals surface area contributed by atoms with Crippen molar-refractivity contribution < 1.29 is 0 Å². The van der Waals surface area contributed by atoms with E-state index >= 15 is 0 Å². The second-order valence-corrected chi connectivity index (χ2v) is 4.79. The Bertz CT molecular complexity index is 349. The van der Waals surface area contributed by atoms with Gasteiger partial charge in [0.25, 0.3) is 0 Å². The Kier molecular flexibility index (Phi) is 4.31. The van der Waals surface area contributed by atoms with E-state index in [1.165, 1.54) is 18.4 Å². The van der Waals surface area contributed by atoms with Gasteiger partial charge in [-0.05, 0) is 32.2 Å². The lowest BCUT2D eigenvalue weighted by Crippen LogP contribution is -2.29. The molecule has 0 unspecified atom stereocenters. The number of hydrogen-bond donors (Lipinski definition) is 1. The Morgan fingerprint density at radius 3 is 2.94 bits per heavy atom. The van der Waals surface area contributed by atoms with Crippen LogP contribution >= 0.6 is 0 Å². The van der Waals surface area contributed by atoms with Crippen molar-refractivity contribution in [2.24, 2.45) is 5.92 Å². The third kappa shape index (κ3) is 3.40. The fourth-order valence-corrected chi connectivity index (χ4v) is 2.12. The quantitative estimate of drug-likeness (QED) is 0.781. The van der Waals surface area contributed by atoms with E-state index < -0.39 is 0 Å². The Labute approximate surface area is 103 Å². The van der Waals surface area contributed by atoms with E-state index in [0.29, 0.717) is 0 Å². The van der Waals surface area contributed by atoms with Crippen LogP contribution in [0.5, 0.6) is 0 Å². The third-order valence-electron chi connectivity index (χ3n) is 3.10. The molecule has 1 N–H and O–H groups in total. The highest BCUT2D eigenvalue weighted by atomic mass is 15.2. The zero-order valence-corrected chi connectivity index (χ0v) is 10.8. The molecule has 1 heterocycles. The van der Waals surface area contributed by atoms with Crippen LogP contribution in [0.2, 0.25) is 0 Å². The molecule has 1 aliphatic rings. The maximum atomic E-state index is 4.47. The van der Waals surface area contributed by atoms with Crippen molar-refractivity contribution >= 4 is 5.82 Å². The summed E-state index contributed by atoms with van der Waals surface area (Å²) in [6.07, 6.45) is 7.51. The molecular weight excluding hydrogens is 212 g/mol. The summed E-state index contributed by atoms with van der Waals surface area (Å²) in [7, 11) is 1.96. The summed E-state index contributed by atoms with van der Waals surface area (Å²) in [6.45, 7) is 5.30. The van der Waals surface area contributed by atoms with Crippen LogP contribution in [0.1, 0.15) is 31.7 Å². The van der Waals surface area contributed by atoms with Crippen molar-refractivity contribution in [3.05, 3.63) is 18.1 Å². The van der Waals surface area contributed by atoms with Crippen LogP contribution in [-0.4, -0.2) is 30.1 Å². The van der Waals surface area contributed by atoms with Gasteiger partial charge < -0.3 is 10.2 Å². The number of nitrogens with one attached hydrogen (secondary N) is 1. The Morgan fingerprint density at radius 1 is 1.47 bits per heavy atom. The van der Waals surface area contributed by atoms with Crippen molar-refractivity contribution in [2.45, 2.75) is 32.7 Å². The second-order valence-electron chi connectivity index (χ2n) is 4.79. The highest BCUT2D eigenvalue weighted by Crippen LogP contribution is 2.31. The Morgan fingerprint density at radius 2 is 2.29 bits per heavy atom. The van der Waals surface area contributed by atoms with Crippen LogP contribution in [0.25, 0.3) is 0 Å². The van der Waals surface area contributed by atoms with Crippen LogP contribution < -0.4 is 10.2 Å². The third-order valence-corrected chi connectivity index (χ3v) is 3.10. The molecule has 0 aromatic carbocycles. The van der Waals surface area contributed by atoms with Gasteiger partial charge in [0.15, 0.2) is 0 Å². The van der Waals surface area contributed by atoms with Gasteiger partial charge in [-0.15, -0.1) is 0 Å². The van der Waals surface area contributed by atoms with Crippen LogP contribution in [0, 0.1) is 5.92 Å². The Balaban J connectivity index is 2.14. The lowest BCUT2D eigenvalue weighted by molar-refractivity contribution is 0.687. The van der Waals surface area contributed by atoms with Crippen molar-refractivity contribution in [1.29, 1.82) is 0 Å². The highest BCUT2D eigenvalue weighted by Gasteiger charge is 2.25. The molecule has 0 spiro atoms. The van der Waals surface area contributed by atoms with E-state index in [0.717, 1.165) is 37.8 Å². The van der Waals surface area contributed by atoms with Gasteiger partial charge in [0.2, 0.25) is 0 Å². The second kappa shape index (κ2) is 5.96. The molecule has 1 aromatic heterocycles. The summed E-state index contributed by atoms with van der Waals surface area (Å²) in [5.74, 6) is 2.00. The summed E-state index contributed by atoms with van der Waals surface area (Å²) in [5.41, 5.74) is 1.20. The zero-order chi connectivity index (χ0) is 12.1. The van der Waals surface area contributed by atoms with Crippen molar-refractivity contribution in [3.8, 4) is 0 Å². The summed E-state index contributed by atoms with van der Waals surface area (Å²) >= 11 is 0. The van der Waals surface area contributed by atoms with Crippen molar-refractivity contribution in [1.82, 2.24) is 15.3 Å². The summed E-state index contributed by atoms with van der Waals surface area (Å²) < 4.78 is 0. The van der Waals surface area contributed by atoms with E-state index in [1.54, 1.807) is 6.33 Å². The fraction of sp³-hybridized carbons (Fsp3) is 0.692. The molecular formula is C13H22N4. The van der Waals surface area contributed by atoms with E-state index in [4.69, 9.17) is 0 Å². The van der Waals surface area contributed by atoms with Crippen LogP contribution in [0.4, 0.5) is 5.82 Å². The van der Waals surface area contributed by atoms with E-state index in [-0.39, 0.29) is 0 Å². The minimum atomic E-state index is 0.834. The molecule has 94 valence electrons. The fourth-order valence-electron chi connectivity index (χ4n) is 2.12. The summed E-state index contributed by atoms with van der Waals surface area (Å²) in [4.78, 5) is 11.0. The predicted octanol–water partition coefficient (Wildman–Crippen LogP) is 1.82. The monoisotopic (exact) mass is 234 g/mol. The number of hydrogen-bond acceptors (Lipinski definition) is 4. The number of anilines is 1. The molecule has 1 aliphatic carbocycles. The van der Waals surface area contributed by atoms with E-state index in [9.17, 15) is 0 Å². The summed E-state index contributed by atoms with van der Waals surface area (Å²) in [5, 5.41) is 3.18. The first-order valence-electron chi connectivity index (χ1n) is 6.53. The van der Waals surface area contributed by atoms with Crippen LogP contribution in [0.15, 0.2) is 12.5 Å².